The molecule has 26 heavy (non-hydrogen) atoms. The molecular weight excluding hydrogens is 447 g/mol. The number of hydrogen-bond donors (Lipinski definition) is 2. The molecule has 0 bridgehead atoms. The normalized spacial score (nSPS) is 20.6. The van der Waals surface area contributed by atoms with Crippen LogP contribution >= 0.6 is 24.0 Å². The van der Waals surface area contributed by atoms with Crippen LogP contribution in [0.25, 0.3) is 0 Å². The Morgan fingerprint density at radius 1 is 1.12 bits per heavy atom. The van der Waals surface area contributed by atoms with Gasteiger partial charge < -0.3 is 20.3 Å². The second kappa shape index (κ2) is 12.3. The van der Waals surface area contributed by atoms with Gasteiger partial charge in [0.25, 0.3) is 0 Å². The van der Waals surface area contributed by atoms with Gasteiger partial charge in [-0.1, -0.05) is 6.42 Å². The fourth-order valence-corrected chi connectivity index (χ4v) is 3.27. The van der Waals surface area contributed by atoms with Gasteiger partial charge >= 0.3 is 5.97 Å². The lowest BCUT2D eigenvalue weighted by Crippen LogP contribution is -2.48. The summed E-state index contributed by atoms with van der Waals surface area (Å²) >= 11 is 0. The number of rotatable bonds is 7. The van der Waals surface area contributed by atoms with Crippen molar-refractivity contribution in [3.63, 3.8) is 0 Å². The fraction of sp³-hybridized carbons (Fsp3) is 0.833. The van der Waals surface area contributed by atoms with Crippen LogP contribution in [0.5, 0.6) is 0 Å². The molecule has 1 saturated carbocycles. The minimum absolute atomic E-state index is 0. The average molecular weight is 480 g/mol. The molecule has 0 aromatic carbocycles. The number of nitrogens with zero attached hydrogens (tertiary/aromatic N) is 2. The third-order valence-corrected chi connectivity index (χ3v) is 4.96. The number of nitrogens with one attached hydrogen (secondary N) is 2. The summed E-state index contributed by atoms with van der Waals surface area (Å²) in [4.78, 5) is 30.2. The molecule has 1 saturated heterocycles. The van der Waals surface area contributed by atoms with Crippen LogP contribution in [-0.4, -0.2) is 62.6 Å². The minimum Gasteiger partial charge on any atom is -0.466 e. The molecule has 1 heterocycles. The van der Waals surface area contributed by atoms with E-state index in [0.29, 0.717) is 19.7 Å². The van der Waals surface area contributed by atoms with Crippen molar-refractivity contribution in [2.45, 2.75) is 45.4 Å². The highest BCUT2D eigenvalue weighted by atomic mass is 127. The Morgan fingerprint density at radius 2 is 1.81 bits per heavy atom. The predicted molar refractivity (Wildman–Crippen MR) is 113 cm³/mol. The zero-order valence-electron chi connectivity index (χ0n) is 16.0. The van der Waals surface area contributed by atoms with E-state index >= 15 is 0 Å². The van der Waals surface area contributed by atoms with E-state index in [1.54, 1.807) is 7.05 Å². The van der Waals surface area contributed by atoms with E-state index in [4.69, 9.17) is 4.74 Å². The van der Waals surface area contributed by atoms with Gasteiger partial charge in [0.2, 0.25) is 5.91 Å². The highest BCUT2D eigenvalue weighted by Gasteiger charge is 2.28. The molecule has 8 heteroatoms. The van der Waals surface area contributed by atoms with Crippen molar-refractivity contribution >= 4 is 41.8 Å². The van der Waals surface area contributed by atoms with Crippen molar-refractivity contribution in [1.29, 1.82) is 0 Å². The number of ether oxygens (including phenoxy) is 1. The van der Waals surface area contributed by atoms with Crippen LogP contribution in [0, 0.1) is 11.8 Å². The molecule has 2 fully saturated rings. The molecule has 0 spiro atoms. The first kappa shape index (κ1) is 23.0. The van der Waals surface area contributed by atoms with Gasteiger partial charge in [-0.15, -0.1) is 24.0 Å². The molecule has 1 atom stereocenters. The fourth-order valence-electron chi connectivity index (χ4n) is 3.27. The first-order chi connectivity index (χ1) is 12.2. The lowest BCUT2D eigenvalue weighted by Gasteiger charge is -2.34. The number of aliphatic imine (C=N–C) groups is 1. The van der Waals surface area contributed by atoms with Crippen LogP contribution in [0.4, 0.5) is 0 Å². The third kappa shape index (κ3) is 6.92. The van der Waals surface area contributed by atoms with Gasteiger partial charge in [0.05, 0.1) is 12.5 Å². The summed E-state index contributed by atoms with van der Waals surface area (Å²) in [5.74, 6) is 1.08. The molecule has 0 unspecified atom stereocenters. The number of esters is 1. The number of hydrogen-bond acceptors (Lipinski definition) is 4. The van der Waals surface area contributed by atoms with Gasteiger partial charge in [-0.25, -0.2) is 0 Å². The Bertz CT molecular complexity index is 483. The zero-order valence-corrected chi connectivity index (χ0v) is 18.3. The van der Waals surface area contributed by atoms with Crippen LogP contribution < -0.4 is 10.6 Å². The van der Waals surface area contributed by atoms with E-state index in [0.717, 1.165) is 51.2 Å². The molecule has 0 aromatic heterocycles. The van der Waals surface area contributed by atoms with Gasteiger partial charge in [-0.3, -0.25) is 14.6 Å². The van der Waals surface area contributed by atoms with Crippen LogP contribution in [-0.2, 0) is 14.3 Å². The monoisotopic (exact) mass is 480 g/mol. The summed E-state index contributed by atoms with van der Waals surface area (Å²) < 4.78 is 5.15. The first-order valence-corrected chi connectivity index (χ1v) is 9.55. The lowest BCUT2D eigenvalue weighted by atomic mass is 9.85. The molecule has 2 rings (SSSR count). The maximum Gasteiger partial charge on any atom is 0.310 e. The summed E-state index contributed by atoms with van der Waals surface area (Å²) in [7, 11) is 1.76. The lowest BCUT2D eigenvalue weighted by molar-refractivity contribution is -0.149. The summed E-state index contributed by atoms with van der Waals surface area (Å²) in [5.41, 5.74) is 0. The smallest absolute Gasteiger partial charge is 0.310 e. The Kier molecular flexibility index (Phi) is 10.9. The summed E-state index contributed by atoms with van der Waals surface area (Å²) in [5, 5.41) is 6.33. The predicted octanol–water partition coefficient (Wildman–Crippen LogP) is 1.76. The maximum absolute atomic E-state index is 12.0. The van der Waals surface area contributed by atoms with Crippen LogP contribution in [0.15, 0.2) is 4.99 Å². The maximum atomic E-state index is 12.0. The SMILES string of the molecule is CCOC(=O)[C@H]1CCCN(C(=NC)NCCCNC(=O)C2CCC2)C1.I. The number of carbonyl (C=O) groups is 2. The van der Waals surface area contributed by atoms with Crippen LogP contribution in [0.1, 0.15) is 45.4 Å². The molecule has 2 aliphatic rings. The molecule has 1 aliphatic carbocycles. The number of amides is 1. The van der Waals surface area contributed by atoms with E-state index in [1.165, 1.54) is 6.42 Å². The van der Waals surface area contributed by atoms with Gasteiger partial charge in [0, 0.05) is 39.1 Å². The number of piperidine rings is 1. The quantitative estimate of drug-likeness (QED) is 0.191. The highest BCUT2D eigenvalue weighted by molar-refractivity contribution is 14.0. The van der Waals surface area contributed by atoms with Gasteiger partial charge in [0.1, 0.15) is 0 Å². The van der Waals surface area contributed by atoms with Gasteiger partial charge in [0.15, 0.2) is 5.96 Å². The van der Waals surface area contributed by atoms with Crippen molar-refractivity contribution in [1.82, 2.24) is 15.5 Å². The second-order valence-corrected chi connectivity index (χ2v) is 6.78. The number of likely N-dealkylation sites (tertiary alicyclic amines) is 1. The zero-order chi connectivity index (χ0) is 18.1. The van der Waals surface area contributed by atoms with Gasteiger partial charge in [-0.2, -0.15) is 0 Å². The average Bonchev–Trinajstić information content (AvgIpc) is 2.57. The van der Waals surface area contributed by atoms with Crippen molar-refractivity contribution in [3.8, 4) is 0 Å². The number of halogens is 1. The summed E-state index contributed by atoms with van der Waals surface area (Å²) in [6, 6.07) is 0. The minimum atomic E-state index is -0.110. The van der Waals surface area contributed by atoms with E-state index in [9.17, 15) is 9.59 Å². The van der Waals surface area contributed by atoms with Crippen molar-refractivity contribution in [3.05, 3.63) is 0 Å². The number of guanidine groups is 1. The Morgan fingerprint density at radius 3 is 2.42 bits per heavy atom. The van der Waals surface area contributed by atoms with E-state index < -0.39 is 0 Å². The molecule has 7 nitrogen and oxygen atoms in total. The molecule has 0 aromatic rings. The van der Waals surface area contributed by atoms with Gasteiger partial charge in [-0.05, 0) is 39.0 Å². The standard InChI is InChI=1S/C18H32N4O3.HI/c1-3-25-17(24)15-9-5-12-22(13-15)18(19-2)21-11-6-10-20-16(23)14-7-4-8-14;/h14-15H,3-13H2,1-2H3,(H,19,21)(H,20,23);1H/t15-;/m0./s1. The van der Waals surface area contributed by atoms with Crippen LogP contribution in [0.3, 0.4) is 0 Å². The third-order valence-electron chi connectivity index (χ3n) is 4.96. The van der Waals surface area contributed by atoms with Crippen molar-refractivity contribution in [2.75, 3.05) is 39.8 Å². The topological polar surface area (TPSA) is 83.0 Å². The van der Waals surface area contributed by atoms with E-state index in [-0.39, 0.29) is 47.7 Å². The van der Waals surface area contributed by atoms with Crippen molar-refractivity contribution < 1.29 is 14.3 Å². The Labute approximate surface area is 173 Å². The van der Waals surface area contributed by atoms with Crippen molar-refractivity contribution in [2.24, 2.45) is 16.8 Å². The highest BCUT2D eigenvalue weighted by Crippen LogP contribution is 2.26. The first-order valence-electron chi connectivity index (χ1n) is 9.55. The van der Waals surface area contributed by atoms with E-state index in [1.807, 2.05) is 6.92 Å². The number of carbonyl (C=O) groups excluding carboxylic acids is 2. The molecular formula is C18H33IN4O3. The molecule has 1 aliphatic heterocycles. The molecule has 0 radical (unpaired) electrons. The largest absolute Gasteiger partial charge is 0.466 e. The summed E-state index contributed by atoms with van der Waals surface area (Å²) in [6.07, 6.45) is 5.94. The van der Waals surface area contributed by atoms with Crippen LogP contribution in [0.2, 0.25) is 0 Å². The molecule has 150 valence electrons. The molecule has 2 N–H and O–H groups in total. The second-order valence-electron chi connectivity index (χ2n) is 6.78. The van der Waals surface area contributed by atoms with E-state index in [2.05, 4.69) is 20.5 Å². The Hall–Kier alpha value is -1.06. The Balaban J connectivity index is 0.00000338. The molecule has 1 amide bonds. The summed E-state index contributed by atoms with van der Waals surface area (Å²) in [6.45, 7) is 5.24.